The summed E-state index contributed by atoms with van der Waals surface area (Å²) >= 11 is 1.35. The van der Waals surface area contributed by atoms with Crippen molar-refractivity contribution >= 4 is 29.3 Å². The van der Waals surface area contributed by atoms with Crippen molar-refractivity contribution in [3.05, 3.63) is 29.8 Å². The first-order valence-electron chi connectivity index (χ1n) is 7.84. The smallest absolute Gasteiger partial charge is 0.234 e. The third-order valence-electron chi connectivity index (χ3n) is 4.20. The van der Waals surface area contributed by atoms with Gasteiger partial charge in [0.05, 0.1) is 11.5 Å². The number of hydrogen-bond donors (Lipinski definition) is 2. The first-order chi connectivity index (χ1) is 10.9. The van der Waals surface area contributed by atoms with E-state index in [1.165, 1.54) is 11.8 Å². The summed E-state index contributed by atoms with van der Waals surface area (Å²) in [5, 5.41) is 2.83. The molecule has 0 aromatic heterocycles. The molecule has 0 saturated carbocycles. The van der Waals surface area contributed by atoms with E-state index in [2.05, 4.69) is 12.2 Å². The Labute approximate surface area is 142 Å². The molecule has 1 fully saturated rings. The maximum absolute atomic E-state index is 12.2. The first kappa shape index (κ1) is 17.8. The van der Waals surface area contributed by atoms with Gasteiger partial charge < -0.3 is 16.0 Å². The van der Waals surface area contributed by atoms with E-state index in [0.29, 0.717) is 12.3 Å². The van der Waals surface area contributed by atoms with Gasteiger partial charge in [0, 0.05) is 18.8 Å². The number of carbonyl (C=O) groups is 2. The second-order valence-corrected chi connectivity index (χ2v) is 7.47. The number of anilines is 1. The molecule has 1 aromatic rings. The van der Waals surface area contributed by atoms with E-state index < -0.39 is 0 Å². The van der Waals surface area contributed by atoms with Crippen LogP contribution < -0.4 is 11.1 Å². The van der Waals surface area contributed by atoms with Gasteiger partial charge in [-0.15, -0.1) is 11.8 Å². The van der Waals surface area contributed by atoms with E-state index in [0.717, 1.165) is 30.8 Å². The maximum Gasteiger partial charge on any atom is 0.234 e. The van der Waals surface area contributed by atoms with Crippen molar-refractivity contribution in [1.29, 1.82) is 0 Å². The Bertz CT molecular complexity index is 561. The van der Waals surface area contributed by atoms with Crippen molar-refractivity contribution in [3.63, 3.8) is 0 Å². The van der Waals surface area contributed by atoms with E-state index >= 15 is 0 Å². The molecule has 1 saturated heterocycles. The zero-order valence-electron chi connectivity index (χ0n) is 13.8. The fraction of sp³-hybridized carbons (Fsp3) is 0.529. The topological polar surface area (TPSA) is 75.4 Å². The molecule has 1 aromatic carbocycles. The van der Waals surface area contributed by atoms with Crippen LogP contribution in [-0.2, 0) is 9.59 Å². The van der Waals surface area contributed by atoms with Gasteiger partial charge in [-0.3, -0.25) is 9.59 Å². The number of nitrogens with two attached hydrogens (primary N) is 1. The molecule has 1 atom stereocenters. The molecule has 2 rings (SSSR count). The zero-order valence-corrected chi connectivity index (χ0v) is 14.6. The van der Waals surface area contributed by atoms with E-state index in [1.807, 2.05) is 36.1 Å². The summed E-state index contributed by atoms with van der Waals surface area (Å²) in [6, 6.07) is 7.66. The van der Waals surface area contributed by atoms with Crippen molar-refractivity contribution in [3.8, 4) is 0 Å². The number of nitrogens with one attached hydrogen (secondary N) is 1. The number of carbonyl (C=O) groups excluding carboxylic acids is 2. The summed E-state index contributed by atoms with van der Waals surface area (Å²) in [5.41, 5.74) is 7.74. The minimum Gasteiger partial charge on any atom is -0.341 e. The number of amides is 2. The molecule has 6 heteroatoms. The van der Waals surface area contributed by atoms with Gasteiger partial charge in [0.15, 0.2) is 0 Å². The molecule has 126 valence electrons. The lowest BCUT2D eigenvalue weighted by Crippen LogP contribution is -2.35. The molecular weight excluding hydrogens is 310 g/mol. The van der Waals surface area contributed by atoms with Gasteiger partial charge in [-0.1, -0.05) is 24.6 Å². The molecular formula is C17H25N3O2S. The van der Waals surface area contributed by atoms with E-state index in [1.54, 1.807) is 0 Å². The SMILES string of the molecule is Cc1ccc(NC(=O)CSCC(=O)N2CCC(C)(CN)C2)cc1. The van der Waals surface area contributed by atoms with Gasteiger partial charge in [0.1, 0.15) is 0 Å². The molecule has 5 nitrogen and oxygen atoms in total. The number of rotatable bonds is 6. The van der Waals surface area contributed by atoms with Crippen molar-refractivity contribution in [2.45, 2.75) is 20.3 Å². The molecule has 0 bridgehead atoms. The van der Waals surface area contributed by atoms with Gasteiger partial charge in [-0.2, -0.15) is 0 Å². The van der Waals surface area contributed by atoms with Crippen molar-refractivity contribution in [1.82, 2.24) is 4.90 Å². The second kappa shape index (κ2) is 7.84. The van der Waals surface area contributed by atoms with Gasteiger partial charge in [-0.25, -0.2) is 0 Å². The number of benzene rings is 1. The highest BCUT2D eigenvalue weighted by molar-refractivity contribution is 8.00. The summed E-state index contributed by atoms with van der Waals surface area (Å²) in [4.78, 5) is 25.9. The van der Waals surface area contributed by atoms with Crippen LogP contribution in [0.15, 0.2) is 24.3 Å². The fourth-order valence-corrected chi connectivity index (χ4v) is 3.28. The molecule has 0 spiro atoms. The molecule has 2 amide bonds. The number of likely N-dealkylation sites (tertiary alicyclic amines) is 1. The Kier molecular flexibility index (Phi) is 6.07. The van der Waals surface area contributed by atoms with Crippen LogP contribution >= 0.6 is 11.8 Å². The Hall–Kier alpha value is -1.53. The molecule has 1 heterocycles. The Morgan fingerprint density at radius 1 is 1.30 bits per heavy atom. The van der Waals surface area contributed by atoms with Crippen LogP contribution in [0.4, 0.5) is 5.69 Å². The quantitative estimate of drug-likeness (QED) is 0.832. The standard InChI is InChI=1S/C17H25N3O2S/c1-13-3-5-14(6-4-13)19-15(21)9-23-10-16(22)20-8-7-17(2,11-18)12-20/h3-6H,7-12,18H2,1-2H3,(H,19,21). The highest BCUT2D eigenvalue weighted by atomic mass is 32.2. The molecule has 3 N–H and O–H groups in total. The van der Waals surface area contributed by atoms with Gasteiger partial charge >= 0.3 is 0 Å². The lowest BCUT2D eigenvalue weighted by molar-refractivity contribution is -0.127. The van der Waals surface area contributed by atoms with E-state index in [9.17, 15) is 9.59 Å². The highest BCUT2D eigenvalue weighted by Crippen LogP contribution is 2.28. The van der Waals surface area contributed by atoms with E-state index in [-0.39, 0.29) is 23.0 Å². The Balaban J connectivity index is 1.69. The lowest BCUT2D eigenvalue weighted by atomic mass is 9.90. The summed E-state index contributed by atoms with van der Waals surface area (Å²) in [7, 11) is 0. The summed E-state index contributed by atoms with van der Waals surface area (Å²) in [6.45, 7) is 6.20. The third kappa shape index (κ3) is 5.25. The van der Waals surface area contributed by atoms with Crippen LogP contribution in [0, 0.1) is 12.3 Å². The average Bonchev–Trinajstić information content (AvgIpc) is 2.93. The average molecular weight is 335 g/mol. The number of hydrogen-bond acceptors (Lipinski definition) is 4. The molecule has 0 aliphatic carbocycles. The molecule has 1 aliphatic heterocycles. The fourth-order valence-electron chi connectivity index (χ4n) is 2.56. The van der Waals surface area contributed by atoms with Gasteiger partial charge in [0.25, 0.3) is 0 Å². The Morgan fingerprint density at radius 3 is 2.61 bits per heavy atom. The van der Waals surface area contributed by atoms with Crippen molar-refractivity contribution < 1.29 is 9.59 Å². The first-order valence-corrected chi connectivity index (χ1v) is 8.99. The summed E-state index contributed by atoms with van der Waals surface area (Å²) in [6.07, 6.45) is 0.952. The van der Waals surface area contributed by atoms with Gasteiger partial charge in [-0.05, 0) is 37.4 Å². The number of aryl methyl sites for hydroxylation is 1. The lowest BCUT2D eigenvalue weighted by Gasteiger charge is -2.22. The minimum absolute atomic E-state index is 0.0448. The zero-order chi connectivity index (χ0) is 16.9. The van der Waals surface area contributed by atoms with Crippen molar-refractivity contribution in [2.24, 2.45) is 11.1 Å². The largest absolute Gasteiger partial charge is 0.341 e. The summed E-state index contributed by atoms with van der Waals surface area (Å²) < 4.78 is 0. The van der Waals surface area contributed by atoms with Gasteiger partial charge in [0.2, 0.25) is 11.8 Å². The van der Waals surface area contributed by atoms with E-state index in [4.69, 9.17) is 5.73 Å². The number of nitrogens with zero attached hydrogens (tertiary/aromatic N) is 1. The van der Waals surface area contributed by atoms with Crippen LogP contribution in [0.3, 0.4) is 0 Å². The van der Waals surface area contributed by atoms with Crippen molar-refractivity contribution in [2.75, 3.05) is 36.5 Å². The van der Waals surface area contributed by atoms with Crippen LogP contribution in [0.1, 0.15) is 18.9 Å². The predicted octanol–water partition coefficient (Wildman–Crippen LogP) is 1.86. The molecule has 0 radical (unpaired) electrons. The molecule has 1 aliphatic rings. The second-order valence-electron chi connectivity index (χ2n) is 6.49. The third-order valence-corrected chi connectivity index (χ3v) is 5.11. The molecule has 23 heavy (non-hydrogen) atoms. The normalized spacial score (nSPS) is 20.6. The Morgan fingerprint density at radius 2 is 2.00 bits per heavy atom. The van der Waals surface area contributed by atoms with Crippen LogP contribution in [0.2, 0.25) is 0 Å². The van der Waals surface area contributed by atoms with Crippen LogP contribution in [0.25, 0.3) is 0 Å². The minimum atomic E-state index is -0.0835. The predicted molar refractivity (Wildman–Crippen MR) is 95.5 cm³/mol. The number of thioether (sulfide) groups is 1. The van der Waals surface area contributed by atoms with Crippen LogP contribution in [0.5, 0.6) is 0 Å². The monoisotopic (exact) mass is 335 g/mol. The van der Waals surface area contributed by atoms with Crippen LogP contribution in [-0.4, -0.2) is 47.9 Å². The molecule has 1 unspecified atom stereocenters. The maximum atomic E-state index is 12.2. The highest BCUT2D eigenvalue weighted by Gasteiger charge is 2.34. The summed E-state index contributed by atoms with van der Waals surface area (Å²) in [5.74, 6) is 0.624.